The van der Waals surface area contributed by atoms with Crippen LogP contribution >= 0.6 is 11.6 Å². The van der Waals surface area contributed by atoms with Gasteiger partial charge in [-0.3, -0.25) is 14.4 Å². The first kappa shape index (κ1) is 18.9. The SMILES string of the molecule is [C-]#[N+][C@]12C(=O)[C@H](C=C(Cl)[C@@]1(C)C=C)C(C)(C)[C@@]1(O)C(=O)N(C)c3cccc2c31. The highest BCUT2D eigenvalue weighted by Gasteiger charge is 2.75. The van der Waals surface area contributed by atoms with E-state index in [0.29, 0.717) is 21.8 Å². The van der Waals surface area contributed by atoms with Gasteiger partial charge in [-0.15, -0.1) is 6.58 Å². The molecule has 6 heteroatoms. The molecule has 5 nitrogen and oxygen atoms in total. The summed E-state index contributed by atoms with van der Waals surface area (Å²) >= 11 is 6.66. The van der Waals surface area contributed by atoms with Crippen LogP contribution in [-0.2, 0) is 20.7 Å². The third-order valence-corrected chi connectivity index (χ3v) is 7.77. The van der Waals surface area contributed by atoms with Gasteiger partial charge in [0.25, 0.3) is 5.91 Å². The van der Waals surface area contributed by atoms with Crippen LogP contribution in [0.15, 0.2) is 42.0 Å². The van der Waals surface area contributed by atoms with Crippen LogP contribution in [0.4, 0.5) is 5.69 Å². The van der Waals surface area contributed by atoms with Crippen molar-refractivity contribution in [3.63, 3.8) is 0 Å². The number of benzene rings is 1. The lowest BCUT2D eigenvalue weighted by Crippen LogP contribution is -2.57. The van der Waals surface area contributed by atoms with Gasteiger partial charge in [0.15, 0.2) is 5.60 Å². The van der Waals surface area contributed by atoms with E-state index >= 15 is 0 Å². The second-order valence-electron chi connectivity index (χ2n) is 8.58. The number of nitrogens with zero attached hydrogens (tertiary/aromatic N) is 2. The zero-order valence-corrected chi connectivity index (χ0v) is 17.0. The van der Waals surface area contributed by atoms with Crippen LogP contribution in [0.1, 0.15) is 31.9 Å². The van der Waals surface area contributed by atoms with Crippen LogP contribution in [-0.4, -0.2) is 23.8 Å². The Morgan fingerprint density at radius 1 is 1.32 bits per heavy atom. The molecule has 2 bridgehead atoms. The Kier molecular flexibility index (Phi) is 3.47. The highest BCUT2D eigenvalue weighted by molar-refractivity contribution is 6.32. The molecule has 1 N–H and O–H groups in total. The smallest absolute Gasteiger partial charge is 0.329 e. The maximum Gasteiger partial charge on any atom is 0.329 e. The van der Waals surface area contributed by atoms with Crippen molar-refractivity contribution in [2.75, 3.05) is 11.9 Å². The highest BCUT2D eigenvalue weighted by Crippen LogP contribution is 2.66. The molecule has 0 aromatic heterocycles. The van der Waals surface area contributed by atoms with Crippen molar-refractivity contribution >= 4 is 29.0 Å². The first-order valence-corrected chi connectivity index (χ1v) is 9.43. The number of allylic oxidation sites excluding steroid dienone is 1. The Hall–Kier alpha value is -2.42. The van der Waals surface area contributed by atoms with E-state index in [4.69, 9.17) is 18.2 Å². The molecule has 3 aliphatic rings. The zero-order chi connectivity index (χ0) is 20.9. The maximum absolute atomic E-state index is 13.9. The van der Waals surface area contributed by atoms with Crippen molar-refractivity contribution in [1.82, 2.24) is 0 Å². The summed E-state index contributed by atoms with van der Waals surface area (Å²) in [5.74, 6) is -1.79. The second-order valence-corrected chi connectivity index (χ2v) is 8.99. The van der Waals surface area contributed by atoms with Crippen LogP contribution in [0.2, 0.25) is 0 Å². The normalized spacial score (nSPS) is 37.7. The molecule has 0 saturated heterocycles. The lowest BCUT2D eigenvalue weighted by molar-refractivity contribution is -0.157. The predicted molar refractivity (Wildman–Crippen MR) is 107 cm³/mol. The van der Waals surface area contributed by atoms with Gasteiger partial charge in [0, 0.05) is 23.1 Å². The molecule has 28 heavy (non-hydrogen) atoms. The molecule has 1 aromatic rings. The summed E-state index contributed by atoms with van der Waals surface area (Å²) < 4.78 is 0. The molecule has 0 unspecified atom stereocenters. The molecule has 1 aliphatic heterocycles. The molecule has 1 aromatic carbocycles. The number of hydrogen-bond acceptors (Lipinski definition) is 3. The molecular formula is C22H21ClN2O3. The molecule has 1 amide bonds. The molecule has 4 atom stereocenters. The van der Waals surface area contributed by atoms with Crippen molar-refractivity contribution in [1.29, 1.82) is 0 Å². The van der Waals surface area contributed by atoms with Crippen LogP contribution in [0.25, 0.3) is 4.85 Å². The highest BCUT2D eigenvalue weighted by atomic mass is 35.5. The fourth-order valence-electron chi connectivity index (χ4n) is 5.26. The fraction of sp³-hybridized carbons (Fsp3) is 0.409. The molecule has 144 valence electrons. The van der Waals surface area contributed by atoms with E-state index in [1.807, 2.05) is 0 Å². The van der Waals surface area contributed by atoms with Gasteiger partial charge in [-0.2, -0.15) is 0 Å². The summed E-state index contributed by atoms with van der Waals surface area (Å²) in [4.78, 5) is 32.4. The number of amides is 1. The standard InChI is InChI=1S/C22H21ClN2O3/c1-7-20(4)15(23)11-13-17(26)21(20,24-5)12-9-8-10-14-16(12)22(28,19(13,2)3)18(27)25(14)6/h7-11,13,28H,1H2,2-4,6H3/t13-,20+,21+,22-/m0/s1. The monoisotopic (exact) mass is 396 g/mol. The summed E-state index contributed by atoms with van der Waals surface area (Å²) in [5.41, 5.74) is -4.92. The number of carbonyl (C=O) groups is 2. The van der Waals surface area contributed by atoms with Crippen molar-refractivity contribution in [3.05, 3.63) is 64.5 Å². The average Bonchev–Trinajstić information content (AvgIpc) is 2.86. The number of hydrogen-bond donors (Lipinski definition) is 1. The summed E-state index contributed by atoms with van der Waals surface area (Å²) in [7, 11) is 1.60. The van der Waals surface area contributed by atoms with Gasteiger partial charge in [-0.25, -0.2) is 6.57 Å². The van der Waals surface area contributed by atoms with E-state index in [2.05, 4.69) is 11.4 Å². The van der Waals surface area contributed by atoms with Crippen LogP contribution in [0, 0.1) is 23.3 Å². The molecule has 0 fully saturated rings. The summed E-state index contributed by atoms with van der Waals surface area (Å²) in [6.45, 7) is 17.1. The number of fused-ring (bicyclic) bond motifs is 3. The van der Waals surface area contributed by atoms with Crippen LogP contribution < -0.4 is 4.90 Å². The minimum absolute atomic E-state index is 0.318. The third-order valence-electron chi connectivity index (χ3n) is 7.26. The number of anilines is 1. The van der Waals surface area contributed by atoms with Crippen LogP contribution in [0.5, 0.6) is 0 Å². The van der Waals surface area contributed by atoms with Crippen molar-refractivity contribution < 1.29 is 14.7 Å². The first-order valence-electron chi connectivity index (χ1n) is 9.05. The zero-order valence-electron chi connectivity index (χ0n) is 16.2. The first-order chi connectivity index (χ1) is 13.0. The summed E-state index contributed by atoms with van der Waals surface area (Å²) in [6, 6.07) is 5.08. The van der Waals surface area contributed by atoms with Gasteiger partial charge >= 0.3 is 5.54 Å². The largest absolute Gasteiger partial charge is 0.375 e. The predicted octanol–water partition coefficient (Wildman–Crippen LogP) is 3.52. The number of carbonyl (C=O) groups excluding carboxylic acids is 2. The molecule has 0 radical (unpaired) electrons. The van der Waals surface area contributed by atoms with E-state index in [-0.39, 0.29) is 5.78 Å². The van der Waals surface area contributed by atoms with Gasteiger partial charge in [0.1, 0.15) is 5.41 Å². The Labute approximate surface area is 169 Å². The van der Waals surface area contributed by atoms with Gasteiger partial charge in [0.05, 0.1) is 17.2 Å². The van der Waals surface area contributed by atoms with Gasteiger partial charge < -0.3 is 10.0 Å². The number of Topliss-reactive ketones (excluding diaryl/α,β-unsaturated/α-hetero) is 1. The Bertz CT molecular complexity index is 1050. The molecule has 0 spiro atoms. The lowest BCUT2D eigenvalue weighted by Gasteiger charge is -2.45. The number of ketones is 1. The van der Waals surface area contributed by atoms with Gasteiger partial charge in [-0.1, -0.05) is 43.7 Å². The molecule has 1 heterocycles. The van der Waals surface area contributed by atoms with Crippen molar-refractivity contribution in [3.8, 4) is 0 Å². The maximum atomic E-state index is 13.9. The Balaban J connectivity index is 2.31. The van der Waals surface area contributed by atoms with E-state index < -0.39 is 33.8 Å². The number of rotatable bonds is 1. The number of aliphatic hydroxyl groups is 1. The Morgan fingerprint density at radius 3 is 2.54 bits per heavy atom. The van der Waals surface area contributed by atoms with Crippen molar-refractivity contribution in [2.24, 2.45) is 16.7 Å². The van der Waals surface area contributed by atoms with E-state index in [1.54, 1.807) is 52.1 Å². The van der Waals surface area contributed by atoms with Crippen LogP contribution in [0.3, 0.4) is 0 Å². The minimum Gasteiger partial charge on any atom is -0.375 e. The number of halogens is 1. The average molecular weight is 397 g/mol. The topological polar surface area (TPSA) is 62.0 Å². The molecule has 0 saturated carbocycles. The molecular weight excluding hydrogens is 376 g/mol. The molecule has 2 aliphatic carbocycles. The van der Waals surface area contributed by atoms with E-state index in [9.17, 15) is 14.7 Å². The number of likely N-dealkylation sites (N-methyl/N-ethyl adjacent to an activating group) is 1. The minimum atomic E-state index is -1.96. The van der Waals surface area contributed by atoms with Crippen molar-refractivity contribution in [2.45, 2.75) is 31.9 Å². The third kappa shape index (κ3) is 1.57. The van der Waals surface area contributed by atoms with Gasteiger partial charge in [0.2, 0.25) is 5.78 Å². The summed E-state index contributed by atoms with van der Waals surface area (Å²) in [6.07, 6.45) is 3.11. The lowest BCUT2D eigenvalue weighted by atomic mass is 9.56. The Morgan fingerprint density at radius 2 is 1.96 bits per heavy atom. The quantitative estimate of drug-likeness (QED) is 0.583. The van der Waals surface area contributed by atoms with E-state index in [0.717, 1.165) is 0 Å². The fourth-order valence-corrected chi connectivity index (χ4v) is 5.60. The van der Waals surface area contributed by atoms with Gasteiger partial charge in [-0.05, 0) is 19.1 Å². The molecule has 4 rings (SSSR count). The second kappa shape index (κ2) is 5.14. The summed E-state index contributed by atoms with van der Waals surface area (Å²) in [5, 5.41) is 12.2. The van der Waals surface area contributed by atoms with E-state index in [1.165, 1.54) is 11.0 Å².